The second kappa shape index (κ2) is 6.56. The SMILES string of the molecule is [c]1c(-c2ccc3cc4cc5ccccc5cc4cc3c2)cc2ccc3cccc4ccc1c2c43. The summed E-state index contributed by atoms with van der Waals surface area (Å²) in [6.07, 6.45) is 0. The van der Waals surface area contributed by atoms with Crippen molar-refractivity contribution in [1.82, 2.24) is 0 Å². The molecule has 155 valence electrons. The van der Waals surface area contributed by atoms with Crippen LogP contribution in [0.25, 0.3) is 75.8 Å². The fraction of sp³-hybridized carbons (Fsp3) is 0. The molecular weight excluding hydrogens is 408 g/mol. The van der Waals surface area contributed by atoms with E-state index in [0.29, 0.717) is 0 Å². The maximum absolute atomic E-state index is 3.73. The lowest BCUT2D eigenvalue weighted by atomic mass is 9.91. The van der Waals surface area contributed by atoms with E-state index in [1.165, 1.54) is 70.2 Å². The van der Waals surface area contributed by atoms with Gasteiger partial charge in [0.05, 0.1) is 0 Å². The molecule has 0 aliphatic rings. The monoisotopic (exact) mass is 427 g/mol. The van der Waals surface area contributed by atoms with Crippen molar-refractivity contribution in [3.05, 3.63) is 121 Å². The topological polar surface area (TPSA) is 0 Å². The molecule has 0 N–H and O–H groups in total. The highest BCUT2D eigenvalue weighted by Gasteiger charge is 2.11. The lowest BCUT2D eigenvalue weighted by Gasteiger charge is -2.13. The van der Waals surface area contributed by atoms with Gasteiger partial charge in [0.25, 0.3) is 0 Å². The largest absolute Gasteiger partial charge is 0.0616 e. The van der Waals surface area contributed by atoms with E-state index in [1.54, 1.807) is 0 Å². The van der Waals surface area contributed by atoms with Gasteiger partial charge < -0.3 is 0 Å². The first-order chi connectivity index (χ1) is 16.8. The lowest BCUT2D eigenvalue weighted by Crippen LogP contribution is -1.86. The van der Waals surface area contributed by atoms with E-state index in [2.05, 4.69) is 121 Å². The predicted molar refractivity (Wildman–Crippen MR) is 147 cm³/mol. The number of fused-ring (bicyclic) bond motifs is 3. The Morgan fingerprint density at radius 1 is 0.353 bits per heavy atom. The minimum Gasteiger partial charge on any atom is -0.0616 e. The van der Waals surface area contributed by atoms with Gasteiger partial charge in [0, 0.05) is 0 Å². The van der Waals surface area contributed by atoms with Crippen LogP contribution in [0.15, 0.2) is 115 Å². The lowest BCUT2D eigenvalue weighted by molar-refractivity contribution is 1.69. The summed E-state index contributed by atoms with van der Waals surface area (Å²) in [5, 5.41) is 15.4. The molecule has 0 atom stereocenters. The minimum absolute atomic E-state index is 1.14. The Hall–Kier alpha value is -4.42. The van der Waals surface area contributed by atoms with E-state index in [-0.39, 0.29) is 0 Å². The Morgan fingerprint density at radius 2 is 0.912 bits per heavy atom. The molecule has 0 spiro atoms. The zero-order chi connectivity index (χ0) is 22.2. The van der Waals surface area contributed by atoms with Crippen molar-refractivity contribution in [2.24, 2.45) is 0 Å². The molecule has 0 fully saturated rings. The van der Waals surface area contributed by atoms with Gasteiger partial charge >= 0.3 is 0 Å². The van der Waals surface area contributed by atoms with Crippen LogP contribution in [0.2, 0.25) is 0 Å². The van der Waals surface area contributed by atoms with E-state index in [1.807, 2.05) is 0 Å². The molecule has 8 aromatic rings. The van der Waals surface area contributed by atoms with Crippen LogP contribution in [0.4, 0.5) is 0 Å². The Bertz CT molecular complexity index is 2000. The van der Waals surface area contributed by atoms with Crippen molar-refractivity contribution < 1.29 is 0 Å². The molecular formula is C34H19. The second-order valence-corrected chi connectivity index (χ2v) is 9.37. The summed E-state index contributed by atoms with van der Waals surface area (Å²) in [4.78, 5) is 0. The molecule has 34 heavy (non-hydrogen) atoms. The molecule has 0 nitrogen and oxygen atoms in total. The molecule has 0 saturated carbocycles. The van der Waals surface area contributed by atoms with Crippen LogP contribution in [-0.4, -0.2) is 0 Å². The van der Waals surface area contributed by atoms with Gasteiger partial charge in [-0.15, -0.1) is 0 Å². The smallest absolute Gasteiger partial charge is 0.00137 e. The van der Waals surface area contributed by atoms with E-state index in [9.17, 15) is 0 Å². The summed E-state index contributed by atoms with van der Waals surface area (Å²) in [7, 11) is 0. The average molecular weight is 428 g/mol. The first kappa shape index (κ1) is 18.1. The van der Waals surface area contributed by atoms with Gasteiger partial charge in [-0.25, -0.2) is 0 Å². The summed E-state index contributed by atoms with van der Waals surface area (Å²) < 4.78 is 0. The molecule has 0 amide bonds. The molecule has 0 saturated heterocycles. The Labute approximate surface area is 197 Å². The van der Waals surface area contributed by atoms with Crippen LogP contribution < -0.4 is 0 Å². The van der Waals surface area contributed by atoms with E-state index in [0.717, 1.165) is 5.56 Å². The molecule has 1 radical (unpaired) electrons. The van der Waals surface area contributed by atoms with Crippen molar-refractivity contribution in [3.63, 3.8) is 0 Å². The zero-order valence-corrected chi connectivity index (χ0v) is 18.5. The highest BCUT2D eigenvalue weighted by molar-refractivity contribution is 6.23. The third-order valence-electron chi connectivity index (χ3n) is 7.35. The highest BCUT2D eigenvalue weighted by Crippen LogP contribution is 2.38. The Kier molecular flexibility index (Phi) is 3.48. The molecule has 0 unspecified atom stereocenters. The number of hydrogen-bond acceptors (Lipinski definition) is 0. The molecule has 0 bridgehead atoms. The molecule has 0 aliphatic heterocycles. The summed E-state index contributed by atoms with van der Waals surface area (Å²) in [6, 6.07) is 46.1. The molecule has 0 aromatic heterocycles. The van der Waals surface area contributed by atoms with Gasteiger partial charge in [0.15, 0.2) is 0 Å². The maximum atomic E-state index is 3.73. The van der Waals surface area contributed by atoms with Crippen LogP contribution >= 0.6 is 0 Å². The van der Waals surface area contributed by atoms with Gasteiger partial charge in [-0.1, -0.05) is 78.9 Å². The van der Waals surface area contributed by atoms with Crippen LogP contribution in [0.1, 0.15) is 0 Å². The predicted octanol–water partition coefficient (Wildman–Crippen LogP) is 9.51. The van der Waals surface area contributed by atoms with Crippen molar-refractivity contribution in [1.29, 1.82) is 0 Å². The minimum atomic E-state index is 1.14. The molecule has 8 aromatic carbocycles. The van der Waals surface area contributed by atoms with Crippen molar-refractivity contribution >= 4 is 64.6 Å². The standard InChI is InChI=1S/C34H19/c1-2-5-24-15-32-20-29-16-25(10-11-26(29)17-31(32)14-23(24)4-1)30-18-27-12-8-21-6-3-7-22-9-13-28(19-30)34(27)33(21)22/h1-18,20H. The van der Waals surface area contributed by atoms with E-state index in [4.69, 9.17) is 0 Å². The van der Waals surface area contributed by atoms with Crippen molar-refractivity contribution in [3.8, 4) is 11.1 Å². The van der Waals surface area contributed by atoms with Crippen LogP contribution in [-0.2, 0) is 0 Å². The van der Waals surface area contributed by atoms with Gasteiger partial charge in [-0.2, -0.15) is 0 Å². The van der Waals surface area contributed by atoms with Crippen molar-refractivity contribution in [2.75, 3.05) is 0 Å². The van der Waals surface area contributed by atoms with Crippen LogP contribution in [0, 0.1) is 6.07 Å². The number of rotatable bonds is 1. The molecule has 0 heterocycles. The fourth-order valence-corrected chi connectivity index (χ4v) is 5.69. The third kappa shape index (κ3) is 2.54. The quantitative estimate of drug-likeness (QED) is 0.181. The van der Waals surface area contributed by atoms with Crippen LogP contribution in [0.3, 0.4) is 0 Å². The first-order valence-corrected chi connectivity index (χ1v) is 11.8. The van der Waals surface area contributed by atoms with Gasteiger partial charge in [-0.05, 0) is 118 Å². The zero-order valence-electron chi connectivity index (χ0n) is 18.5. The molecule has 8 rings (SSSR count). The highest BCUT2D eigenvalue weighted by atomic mass is 14.1. The molecule has 0 heteroatoms. The molecule has 0 aliphatic carbocycles. The summed E-state index contributed by atoms with van der Waals surface area (Å²) in [6.45, 7) is 0. The van der Waals surface area contributed by atoms with Gasteiger partial charge in [0.2, 0.25) is 0 Å². The Morgan fingerprint density at radius 3 is 1.68 bits per heavy atom. The summed E-state index contributed by atoms with van der Waals surface area (Å²) in [5.41, 5.74) is 2.35. The summed E-state index contributed by atoms with van der Waals surface area (Å²) in [5.74, 6) is 0. The normalized spacial score (nSPS) is 12.1. The second-order valence-electron chi connectivity index (χ2n) is 9.37. The van der Waals surface area contributed by atoms with Gasteiger partial charge in [-0.3, -0.25) is 0 Å². The number of benzene rings is 8. The number of hydrogen-bond donors (Lipinski definition) is 0. The van der Waals surface area contributed by atoms with Crippen LogP contribution in [0.5, 0.6) is 0 Å². The third-order valence-corrected chi connectivity index (χ3v) is 7.35. The average Bonchev–Trinajstić information content (AvgIpc) is 2.89. The first-order valence-electron chi connectivity index (χ1n) is 11.8. The van der Waals surface area contributed by atoms with Crippen molar-refractivity contribution in [2.45, 2.75) is 0 Å². The Balaban J connectivity index is 1.35. The maximum Gasteiger partial charge on any atom is -0.00137 e. The van der Waals surface area contributed by atoms with E-state index >= 15 is 0 Å². The summed E-state index contributed by atoms with van der Waals surface area (Å²) >= 11 is 0. The van der Waals surface area contributed by atoms with Gasteiger partial charge in [0.1, 0.15) is 0 Å². The fourth-order valence-electron chi connectivity index (χ4n) is 5.69. The van der Waals surface area contributed by atoms with E-state index < -0.39 is 0 Å².